The average molecular weight is 192 g/mol. The van der Waals surface area contributed by atoms with Crippen molar-refractivity contribution in [2.45, 2.75) is 18.9 Å². The number of likely N-dealkylation sites (tertiary alicyclic amines) is 1. The Hall–Kier alpha value is -1.09. The van der Waals surface area contributed by atoms with E-state index in [4.69, 9.17) is 4.74 Å². The van der Waals surface area contributed by atoms with E-state index in [1.165, 1.54) is 24.9 Å². The van der Waals surface area contributed by atoms with Crippen LogP contribution in [0.5, 0.6) is 5.88 Å². The summed E-state index contributed by atoms with van der Waals surface area (Å²) in [5.41, 5.74) is 1.22. The number of hydrogen-bond donors (Lipinski definition) is 0. The maximum absolute atomic E-state index is 5.27. The van der Waals surface area contributed by atoms with E-state index >= 15 is 0 Å². The van der Waals surface area contributed by atoms with Crippen LogP contribution in [-0.4, -0.2) is 30.6 Å². The summed E-state index contributed by atoms with van der Waals surface area (Å²) in [4.78, 5) is 6.59. The van der Waals surface area contributed by atoms with Gasteiger partial charge in [-0.05, 0) is 32.5 Å². The SMILES string of the molecule is COc1ncccc1C1CCCN1C. The Morgan fingerprint density at radius 3 is 3.07 bits per heavy atom. The Bertz CT molecular complexity index is 314. The molecule has 3 nitrogen and oxygen atoms in total. The van der Waals surface area contributed by atoms with Gasteiger partial charge in [-0.1, -0.05) is 6.07 Å². The lowest BCUT2D eigenvalue weighted by Crippen LogP contribution is -2.18. The lowest BCUT2D eigenvalue weighted by molar-refractivity contribution is 0.302. The lowest BCUT2D eigenvalue weighted by atomic mass is 10.1. The van der Waals surface area contributed by atoms with Crippen LogP contribution < -0.4 is 4.74 Å². The van der Waals surface area contributed by atoms with Crippen LogP contribution in [0.1, 0.15) is 24.4 Å². The van der Waals surface area contributed by atoms with Gasteiger partial charge in [-0.15, -0.1) is 0 Å². The zero-order valence-electron chi connectivity index (χ0n) is 8.73. The van der Waals surface area contributed by atoms with E-state index in [1.54, 1.807) is 13.3 Å². The van der Waals surface area contributed by atoms with Crippen molar-refractivity contribution in [3.8, 4) is 5.88 Å². The molecule has 1 saturated heterocycles. The normalized spacial score (nSPS) is 22.6. The quantitative estimate of drug-likeness (QED) is 0.715. The molecule has 0 bridgehead atoms. The van der Waals surface area contributed by atoms with Crippen molar-refractivity contribution in [3.63, 3.8) is 0 Å². The molecule has 1 aromatic heterocycles. The molecule has 0 radical (unpaired) electrons. The van der Waals surface area contributed by atoms with Gasteiger partial charge < -0.3 is 4.74 Å². The third-order valence-corrected chi connectivity index (χ3v) is 2.87. The summed E-state index contributed by atoms with van der Waals surface area (Å²) in [6.07, 6.45) is 4.25. The van der Waals surface area contributed by atoms with Crippen LogP contribution in [0.3, 0.4) is 0 Å². The average Bonchev–Trinajstić information content (AvgIpc) is 2.64. The van der Waals surface area contributed by atoms with Gasteiger partial charge in [0, 0.05) is 17.8 Å². The van der Waals surface area contributed by atoms with Gasteiger partial charge in [-0.2, -0.15) is 0 Å². The molecule has 3 heteroatoms. The molecule has 0 saturated carbocycles. The molecule has 14 heavy (non-hydrogen) atoms. The molecule has 76 valence electrons. The third kappa shape index (κ3) is 1.60. The summed E-state index contributed by atoms with van der Waals surface area (Å²) in [5, 5.41) is 0. The molecule has 0 aliphatic carbocycles. The van der Waals surface area contributed by atoms with Crippen molar-refractivity contribution >= 4 is 0 Å². The second-order valence-electron chi connectivity index (χ2n) is 3.74. The molecule has 0 spiro atoms. The van der Waals surface area contributed by atoms with Crippen LogP contribution in [0.25, 0.3) is 0 Å². The Kier molecular flexibility index (Phi) is 2.68. The maximum Gasteiger partial charge on any atom is 0.217 e. The van der Waals surface area contributed by atoms with E-state index in [0.29, 0.717) is 6.04 Å². The summed E-state index contributed by atoms with van der Waals surface area (Å²) in [6.45, 7) is 1.17. The predicted molar refractivity (Wildman–Crippen MR) is 55.4 cm³/mol. The second-order valence-corrected chi connectivity index (χ2v) is 3.74. The van der Waals surface area contributed by atoms with Crippen LogP contribution in [0.4, 0.5) is 0 Å². The fourth-order valence-corrected chi connectivity index (χ4v) is 2.13. The van der Waals surface area contributed by atoms with Gasteiger partial charge in [0.2, 0.25) is 5.88 Å². The summed E-state index contributed by atoms with van der Waals surface area (Å²) in [7, 11) is 3.84. The highest BCUT2D eigenvalue weighted by atomic mass is 16.5. The minimum atomic E-state index is 0.485. The van der Waals surface area contributed by atoms with Crippen LogP contribution in [0.15, 0.2) is 18.3 Å². The van der Waals surface area contributed by atoms with Crippen molar-refractivity contribution < 1.29 is 4.74 Å². The fraction of sp³-hybridized carbons (Fsp3) is 0.545. The van der Waals surface area contributed by atoms with E-state index in [0.717, 1.165) is 5.88 Å². The Morgan fingerprint density at radius 2 is 2.43 bits per heavy atom. The highest BCUT2D eigenvalue weighted by Gasteiger charge is 2.25. The zero-order chi connectivity index (χ0) is 9.97. The number of hydrogen-bond acceptors (Lipinski definition) is 3. The Balaban J connectivity index is 2.30. The molecule has 1 atom stereocenters. The largest absolute Gasteiger partial charge is 0.481 e. The first-order valence-electron chi connectivity index (χ1n) is 5.02. The van der Waals surface area contributed by atoms with Crippen LogP contribution in [-0.2, 0) is 0 Å². The van der Waals surface area contributed by atoms with Gasteiger partial charge in [0.15, 0.2) is 0 Å². The predicted octanol–water partition coefficient (Wildman–Crippen LogP) is 1.86. The standard InChI is InChI=1S/C11H16N2O/c1-13-8-4-6-10(13)9-5-3-7-12-11(9)14-2/h3,5,7,10H,4,6,8H2,1-2H3. The zero-order valence-corrected chi connectivity index (χ0v) is 8.73. The van der Waals surface area contributed by atoms with E-state index in [1.807, 2.05) is 6.07 Å². The summed E-state index contributed by atoms with van der Waals surface area (Å²) in [5.74, 6) is 0.770. The molecule has 0 N–H and O–H groups in total. The van der Waals surface area contributed by atoms with Crippen LogP contribution in [0.2, 0.25) is 0 Å². The number of ether oxygens (including phenoxy) is 1. The van der Waals surface area contributed by atoms with Gasteiger partial charge in [0.05, 0.1) is 7.11 Å². The molecule has 1 aromatic rings. The first kappa shape index (κ1) is 9.46. The van der Waals surface area contributed by atoms with Crippen LogP contribution in [0, 0.1) is 0 Å². The van der Waals surface area contributed by atoms with E-state index in [9.17, 15) is 0 Å². The molecule has 2 rings (SSSR count). The fourth-order valence-electron chi connectivity index (χ4n) is 2.13. The van der Waals surface area contributed by atoms with E-state index in [-0.39, 0.29) is 0 Å². The van der Waals surface area contributed by atoms with Gasteiger partial charge >= 0.3 is 0 Å². The maximum atomic E-state index is 5.27. The molecule has 2 heterocycles. The van der Waals surface area contributed by atoms with Gasteiger partial charge in [0.1, 0.15) is 0 Å². The topological polar surface area (TPSA) is 25.4 Å². The van der Waals surface area contributed by atoms with Crippen molar-refractivity contribution in [3.05, 3.63) is 23.9 Å². The highest BCUT2D eigenvalue weighted by molar-refractivity contribution is 5.29. The Morgan fingerprint density at radius 1 is 1.57 bits per heavy atom. The minimum Gasteiger partial charge on any atom is -0.481 e. The van der Waals surface area contributed by atoms with Crippen molar-refractivity contribution in [1.29, 1.82) is 0 Å². The number of nitrogens with zero attached hydrogens (tertiary/aromatic N) is 2. The second kappa shape index (κ2) is 3.96. The molecule has 1 aliphatic heterocycles. The molecule has 1 unspecified atom stereocenters. The molecular weight excluding hydrogens is 176 g/mol. The van der Waals surface area contributed by atoms with Crippen molar-refractivity contribution in [1.82, 2.24) is 9.88 Å². The Labute approximate surface area is 84.7 Å². The smallest absolute Gasteiger partial charge is 0.217 e. The summed E-state index contributed by atoms with van der Waals surface area (Å²) >= 11 is 0. The van der Waals surface area contributed by atoms with Crippen molar-refractivity contribution in [2.75, 3.05) is 20.7 Å². The van der Waals surface area contributed by atoms with Gasteiger partial charge in [0.25, 0.3) is 0 Å². The third-order valence-electron chi connectivity index (χ3n) is 2.87. The van der Waals surface area contributed by atoms with E-state index in [2.05, 4.69) is 23.0 Å². The summed E-state index contributed by atoms with van der Waals surface area (Å²) in [6, 6.07) is 4.57. The highest BCUT2D eigenvalue weighted by Crippen LogP contribution is 2.34. The molecular formula is C11H16N2O. The van der Waals surface area contributed by atoms with Gasteiger partial charge in [-0.3, -0.25) is 4.90 Å². The first-order valence-corrected chi connectivity index (χ1v) is 5.02. The minimum absolute atomic E-state index is 0.485. The number of rotatable bonds is 2. The molecule has 0 amide bonds. The lowest BCUT2D eigenvalue weighted by Gasteiger charge is -2.20. The molecule has 1 fully saturated rings. The van der Waals surface area contributed by atoms with Crippen LogP contribution >= 0.6 is 0 Å². The van der Waals surface area contributed by atoms with Gasteiger partial charge in [-0.25, -0.2) is 4.98 Å². The van der Waals surface area contributed by atoms with E-state index < -0.39 is 0 Å². The summed E-state index contributed by atoms with van der Waals surface area (Å²) < 4.78 is 5.27. The molecule has 1 aliphatic rings. The number of methoxy groups -OCH3 is 1. The first-order chi connectivity index (χ1) is 6.83. The van der Waals surface area contributed by atoms with Crippen molar-refractivity contribution in [2.24, 2.45) is 0 Å². The monoisotopic (exact) mass is 192 g/mol. The number of aromatic nitrogens is 1. The molecule has 0 aromatic carbocycles. The number of pyridine rings is 1.